The van der Waals surface area contributed by atoms with Gasteiger partial charge in [-0.1, -0.05) is 58.1 Å². The van der Waals surface area contributed by atoms with Crippen molar-refractivity contribution in [3.8, 4) is 0 Å². The molecule has 28 heavy (non-hydrogen) atoms. The molecule has 0 radical (unpaired) electrons. The highest BCUT2D eigenvalue weighted by atomic mass is 14.5. The lowest BCUT2D eigenvalue weighted by Crippen LogP contribution is -2.41. The van der Waals surface area contributed by atoms with Crippen LogP contribution in [0.2, 0.25) is 0 Å². The minimum atomic E-state index is 0.882. The molecule has 5 rings (SSSR count). The van der Waals surface area contributed by atoms with Crippen LogP contribution in [-0.4, -0.2) is 0 Å². The van der Waals surface area contributed by atoms with Gasteiger partial charge in [0.1, 0.15) is 0 Å². The van der Waals surface area contributed by atoms with E-state index in [1.165, 1.54) is 51.4 Å². The molecule has 5 aliphatic rings. The van der Waals surface area contributed by atoms with E-state index in [1.807, 2.05) is 0 Å². The summed E-state index contributed by atoms with van der Waals surface area (Å²) in [7, 11) is 0. The predicted molar refractivity (Wildman–Crippen MR) is 120 cm³/mol. The molecule has 0 N–H and O–H groups in total. The highest BCUT2D eigenvalue weighted by Gasteiger charge is 2.46. The van der Waals surface area contributed by atoms with E-state index < -0.39 is 0 Å². The van der Waals surface area contributed by atoms with E-state index in [0.717, 1.165) is 59.2 Å². The van der Waals surface area contributed by atoms with E-state index in [0.29, 0.717) is 0 Å². The van der Waals surface area contributed by atoms with Gasteiger partial charge in [0.25, 0.3) is 0 Å². The predicted octanol–water partition coefficient (Wildman–Crippen LogP) is 8.27. The van der Waals surface area contributed by atoms with E-state index in [-0.39, 0.29) is 0 Å². The molecule has 158 valence electrons. The molecular formula is C28H46. The average molecular weight is 383 g/mol. The van der Waals surface area contributed by atoms with E-state index in [4.69, 9.17) is 6.58 Å². The molecule has 0 amide bonds. The molecular weight excluding hydrogens is 336 g/mol. The topological polar surface area (TPSA) is 0 Å². The maximum absolute atomic E-state index is 4.74. The van der Waals surface area contributed by atoms with Gasteiger partial charge in [-0.15, -0.1) is 0 Å². The molecule has 0 aromatic carbocycles. The molecule has 5 aliphatic carbocycles. The summed E-state index contributed by atoms with van der Waals surface area (Å²) < 4.78 is 0. The molecule has 0 aromatic rings. The van der Waals surface area contributed by atoms with Crippen LogP contribution in [-0.2, 0) is 0 Å². The Kier molecular flexibility index (Phi) is 5.70. The third-order valence-electron chi connectivity index (χ3n) is 10.8. The number of rotatable bonds is 2. The molecule has 0 bridgehead atoms. The first-order valence-corrected chi connectivity index (χ1v) is 13.3. The van der Waals surface area contributed by atoms with Gasteiger partial charge in [0.05, 0.1) is 0 Å². The van der Waals surface area contributed by atoms with Crippen molar-refractivity contribution in [1.29, 1.82) is 0 Å². The van der Waals surface area contributed by atoms with Crippen molar-refractivity contribution in [3.63, 3.8) is 0 Å². The van der Waals surface area contributed by atoms with Gasteiger partial charge in [-0.3, -0.25) is 0 Å². The highest BCUT2D eigenvalue weighted by molar-refractivity contribution is 5.12. The van der Waals surface area contributed by atoms with Crippen molar-refractivity contribution in [2.45, 2.75) is 104 Å². The Morgan fingerprint density at radius 2 is 1.25 bits per heavy atom. The lowest BCUT2D eigenvalue weighted by molar-refractivity contribution is 0.0286. The largest absolute Gasteiger partial charge is 0.0996 e. The molecule has 0 nitrogen and oxygen atoms in total. The van der Waals surface area contributed by atoms with Crippen LogP contribution in [0.5, 0.6) is 0 Å². The zero-order chi connectivity index (χ0) is 19.3. The molecule has 8 atom stereocenters. The molecule has 0 saturated heterocycles. The van der Waals surface area contributed by atoms with E-state index in [2.05, 4.69) is 13.8 Å². The Hall–Kier alpha value is -0.260. The third kappa shape index (κ3) is 3.76. The third-order valence-corrected chi connectivity index (χ3v) is 10.8. The van der Waals surface area contributed by atoms with E-state index >= 15 is 0 Å². The highest BCUT2D eigenvalue weighted by Crippen LogP contribution is 2.56. The van der Waals surface area contributed by atoms with Crippen molar-refractivity contribution in [2.75, 3.05) is 0 Å². The van der Waals surface area contributed by atoms with Crippen LogP contribution in [0.4, 0.5) is 0 Å². The van der Waals surface area contributed by atoms with Crippen LogP contribution < -0.4 is 0 Å². The van der Waals surface area contributed by atoms with Crippen LogP contribution >= 0.6 is 0 Å². The molecule has 8 unspecified atom stereocenters. The van der Waals surface area contributed by atoms with Crippen LogP contribution in [0.15, 0.2) is 12.2 Å². The smallest absolute Gasteiger partial charge is 0.0172 e. The molecule has 0 heteroatoms. The summed E-state index contributed by atoms with van der Waals surface area (Å²) in [4.78, 5) is 0. The van der Waals surface area contributed by atoms with Crippen molar-refractivity contribution in [1.82, 2.24) is 0 Å². The Labute approximate surface area is 175 Å². The van der Waals surface area contributed by atoms with Crippen molar-refractivity contribution >= 4 is 0 Å². The zero-order valence-corrected chi connectivity index (χ0v) is 18.9. The fourth-order valence-electron chi connectivity index (χ4n) is 9.10. The summed E-state index contributed by atoms with van der Waals surface area (Å²) in [6.07, 6.45) is 21.4. The SMILES string of the molecule is C=C1CC(C2CCC3CCCC3C2)CC2C(C)CC(C3CCC(C)CC3)CC12. The fourth-order valence-corrected chi connectivity index (χ4v) is 9.10. The quantitative estimate of drug-likeness (QED) is 0.421. The van der Waals surface area contributed by atoms with Gasteiger partial charge in [0.2, 0.25) is 0 Å². The lowest BCUT2D eigenvalue weighted by Gasteiger charge is -2.51. The molecule has 0 aliphatic heterocycles. The van der Waals surface area contributed by atoms with Gasteiger partial charge < -0.3 is 0 Å². The second kappa shape index (κ2) is 8.11. The summed E-state index contributed by atoms with van der Waals surface area (Å²) in [6.45, 7) is 9.83. The normalized spacial score (nSPS) is 52.1. The first kappa shape index (κ1) is 19.7. The standard InChI is InChI=1S/C28H46/c1-18-7-9-22(10-8-18)25-13-19(2)28-17-26(14-20(3)27(28)16-25)24-12-11-21-5-4-6-23(21)15-24/h18-19,21-28H,3-17H2,1-2H3. The lowest BCUT2D eigenvalue weighted by atomic mass is 9.54. The van der Waals surface area contributed by atoms with Gasteiger partial charge in [-0.05, 0) is 117 Å². The molecule has 5 saturated carbocycles. The van der Waals surface area contributed by atoms with Gasteiger partial charge in [0, 0.05) is 0 Å². The summed E-state index contributed by atoms with van der Waals surface area (Å²) in [5.74, 6) is 10.1. The number of fused-ring (bicyclic) bond motifs is 2. The minimum Gasteiger partial charge on any atom is -0.0996 e. The van der Waals surface area contributed by atoms with E-state index in [1.54, 1.807) is 44.1 Å². The maximum Gasteiger partial charge on any atom is -0.0172 e. The molecule has 0 heterocycles. The van der Waals surface area contributed by atoms with Crippen molar-refractivity contribution < 1.29 is 0 Å². The minimum absolute atomic E-state index is 0.882. The Morgan fingerprint density at radius 3 is 2.07 bits per heavy atom. The van der Waals surface area contributed by atoms with Gasteiger partial charge >= 0.3 is 0 Å². The summed E-state index contributed by atoms with van der Waals surface area (Å²) in [6, 6.07) is 0. The first-order valence-electron chi connectivity index (χ1n) is 13.3. The second-order valence-electron chi connectivity index (χ2n) is 12.4. The van der Waals surface area contributed by atoms with Crippen LogP contribution in [0, 0.1) is 59.2 Å². The molecule has 5 fully saturated rings. The van der Waals surface area contributed by atoms with Crippen LogP contribution in [0.3, 0.4) is 0 Å². The van der Waals surface area contributed by atoms with Crippen LogP contribution in [0.1, 0.15) is 104 Å². The molecule has 0 spiro atoms. The van der Waals surface area contributed by atoms with Gasteiger partial charge in [-0.2, -0.15) is 0 Å². The van der Waals surface area contributed by atoms with Gasteiger partial charge in [-0.25, -0.2) is 0 Å². The van der Waals surface area contributed by atoms with Crippen molar-refractivity contribution in [3.05, 3.63) is 12.2 Å². The molecule has 0 aromatic heterocycles. The Balaban J connectivity index is 1.22. The summed E-state index contributed by atoms with van der Waals surface area (Å²) in [5.41, 5.74) is 1.69. The monoisotopic (exact) mass is 382 g/mol. The Morgan fingerprint density at radius 1 is 0.607 bits per heavy atom. The first-order chi connectivity index (χ1) is 13.6. The number of hydrogen-bond acceptors (Lipinski definition) is 0. The van der Waals surface area contributed by atoms with Crippen LogP contribution in [0.25, 0.3) is 0 Å². The van der Waals surface area contributed by atoms with E-state index in [9.17, 15) is 0 Å². The summed E-state index contributed by atoms with van der Waals surface area (Å²) >= 11 is 0. The number of allylic oxidation sites excluding steroid dienone is 1. The summed E-state index contributed by atoms with van der Waals surface area (Å²) in [5, 5.41) is 0. The van der Waals surface area contributed by atoms with Crippen molar-refractivity contribution in [2.24, 2.45) is 59.2 Å². The zero-order valence-electron chi connectivity index (χ0n) is 18.9. The second-order valence-corrected chi connectivity index (χ2v) is 12.4. The maximum atomic E-state index is 4.74. The van der Waals surface area contributed by atoms with Gasteiger partial charge in [0.15, 0.2) is 0 Å². The number of hydrogen-bond donors (Lipinski definition) is 0. The fraction of sp³-hybridized carbons (Fsp3) is 0.929. The Bertz CT molecular complexity index is 552. The average Bonchev–Trinajstić information content (AvgIpc) is 3.17.